The number of benzene rings is 1. The Morgan fingerprint density at radius 2 is 2.10 bits per heavy atom. The molecular formula is C12H16BrN5O2S. The highest BCUT2D eigenvalue weighted by atomic mass is 79.9. The highest BCUT2D eigenvalue weighted by molar-refractivity contribution is 9.10. The zero-order valence-electron chi connectivity index (χ0n) is 11.6. The van der Waals surface area contributed by atoms with Gasteiger partial charge in [0.15, 0.2) is 0 Å². The van der Waals surface area contributed by atoms with E-state index >= 15 is 0 Å². The van der Waals surface area contributed by atoms with Crippen LogP contribution >= 0.6 is 15.9 Å². The lowest BCUT2D eigenvalue weighted by Gasteiger charge is -2.12. The van der Waals surface area contributed by atoms with Crippen molar-refractivity contribution in [2.45, 2.75) is 24.9 Å². The van der Waals surface area contributed by atoms with Crippen molar-refractivity contribution in [3.8, 4) is 0 Å². The summed E-state index contributed by atoms with van der Waals surface area (Å²) >= 11 is 3.34. The van der Waals surface area contributed by atoms with E-state index in [1.807, 2.05) is 20.0 Å². The number of hydrogen-bond acceptors (Lipinski definition) is 5. The summed E-state index contributed by atoms with van der Waals surface area (Å²) in [5.41, 5.74) is 1.76. The van der Waals surface area contributed by atoms with Gasteiger partial charge in [-0.05, 0) is 47.1 Å². The van der Waals surface area contributed by atoms with Crippen LogP contribution in [0.3, 0.4) is 0 Å². The number of halogens is 1. The number of H-pyrrole nitrogens is 1. The molecule has 0 unspecified atom stereocenters. The molecule has 2 rings (SSSR count). The van der Waals surface area contributed by atoms with Crippen molar-refractivity contribution in [3.63, 3.8) is 0 Å². The molecule has 0 spiro atoms. The Bertz CT molecular complexity index is 715. The van der Waals surface area contributed by atoms with E-state index in [9.17, 15) is 8.42 Å². The Hall–Kier alpha value is -1.29. The molecule has 7 nitrogen and oxygen atoms in total. The Morgan fingerprint density at radius 1 is 1.33 bits per heavy atom. The van der Waals surface area contributed by atoms with Gasteiger partial charge in [0, 0.05) is 11.0 Å². The predicted molar refractivity (Wildman–Crippen MR) is 82.1 cm³/mol. The van der Waals surface area contributed by atoms with Gasteiger partial charge < -0.3 is 5.32 Å². The van der Waals surface area contributed by atoms with Crippen LogP contribution in [-0.2, 0) is 23.1 Å². The Labute approximate surface area is 131 Å². The molecule has 1 aromatic carbocycles. The van der Waals surface area contributed by atoms with Gasteiger partial charge >= 0.3 is 0 Å². The number of nitrogens with zero attached hydrogens (tertiary/aromatic N) is 2. The first-order valence-electron chi connectivity index (χ1n) is 6.21. The second kappa shape index (κ2) is 6.65. The van der Waals surface area contributed by atoms with Crippen molar-refractivity contribution in [2.24, 2.45) is 0 Å². The van der Waals surface area contributed by atoms with Crippen molar-refractivity contribution in [2.75, 3.05) is 7.05 Å². The number of aromatic nitrogens is 3. The third kappa shape index (κ3) is 3.88. The van der Waals surface area contributed by atoms with Crippen LogP contribution in [0.4, 0.5) is 0 Å². The second-order valence-corrected chi connectivity index (χ2v) is 7.04. The normalized spacial score (nSPS) is 11.8. The zero-order chi connectivity index (χ0) is 15.5. The fraction of sp³-hybridized carbons (Fsp3) is 0.333. The van der Waals surface area contributed by atoms with E-state index in [0.29, 0.717) is 16.8 Å². The summed E-state index contributed by atoms with van der Waals surface area (Å²) in [5.74, 6) is 0.456. The first-order chi connectivity index (χ1) is 9.94. The third-order valence-electron chi connectivity index (χ3n) is 2.85. The average Bonchev–Trinajstić information content (AvgIpc) is 2.94. The van der Waals surface area contributed by atoms with Gasteiger partial charge in [0.05, 0.1) is 11.4 Å². The smallest absolute Gasteiger partial charge is 0.242 e. The van der Waals surface area contributed by atoms with E-state index < -0.39 is 10.0 Å². The molecule has 1 heterocycles. The van der Waals surface area contributed by atoms with Crippen LogP contribution in [0.15, 0.2) is 27.8 Å². The monoisotopic (exact) mass is 373 g/mol. The maximum absolute atomic E-state index is 12.4. The minimum atomic E-state index is -3.64. The molecule has 21 heavy (non-hydrogen) atoms. The Kier molecular flexibility index (Phi) is 5.09. The van der Waals surface area contributed by atoms with Crippen LogP contribution < -0.4 is 10.0 Å². The van der Waals surface area contributed by atoms with E-state index in [1.54, 1.807) is 6.07 Å². The summed E-state index contributed by atoms with van der Waals surface area (Å²) in [7, 11) is -1.83. The first-order valence-corrected chi connectivity index (χ1v) is 8.49. The summed E-state index contributed by atoms with van der Waals surface area (Å²) in [6.07, 6.45) is 1.33. The van der Waals surface area contributed by atoms with Gasteiger partial charge in [-0.25, -0.2) is 18.1 Å². The van der Waals surface area contributed by atoms with E-state index in [-0.39, 0.29) is 11.4 Å². The molecule has 0 radical (unpaired) electrons. The fourth-order valence-electron chi connectivity index (χ4n) is 1.87. The van der Waals surface area contributed by atoms with Gasteiger partial charge in [0.2, 0.25) is 10.0 Å². The van der Waals surface area contributed by atoms with Crippen LogP contribution in [0, 0.1) is 6.92 Å². The molecule has 9 heteroatoms. The van der Waals surface area contributed by atoms with Gasteiger partial charge in [-0.15, -0.1) is 0 Å². The van der Waals surface area contributed by atoms with Gasteiger partial charge in [-0.1, -0.05) is 6.07 Å². The summed E-state index contributed by atoms with van der Waals surface area (Å²) in [6, 6.07) is 3.59. The molecule has 3 N–H and O–H groups in total. The summed E-state index contributed by atoms with van der Waals surface area (Å²) < 4.78 is 27.9. The average molecular weight is 374 g/mol. The minimum Gasteiger partial charge on any atom is -0.316 e. The highest BCUT2D eigenvalue weighted by Gasteiger charge is 2.20. The van der Waals surface area contributed by atoms with E-state index in [4.69, 9.17) is 0 Å². The van der Waals surface area contributed by atoms with Crippen LogP contribution in [0.1, 0.15) is 17.0 Å². The van der Waals surface area contributed by atoms with Crippen LogP contribution in [-0.4, -0.2) is 30.6 Å². The maximum Gasteiger partial charge on any atom is 0.242 e. The first kappa shape index (κ1) is 16.1. The van der Waals surface area contributed by atoms with Gasteiger partial charge in [-0.3, -0.25) is 5.10 Å². The highest BCUT2D eigenvalue weighted by Crippen LogP contribution is 2.27. The number of aryl methyl sites for hydroxylation is 1. The van der Waals surface area contributed by atoms with E-state index in [2.05, 4.69) is 41.2 Å². The molecule has 0 saturated heterocycles. The molecule has 2 aromatic rings. The molecule has 0 atom stereocenters. The zero-order valence-corrected chi connectivity index (χ0v) is 14.0. The number of rotatable bonds is 6. The van der Waals surface area contributed by atoms with Crippen molar-refractivity contribution < 1.29 is 8.42 Å². The lowest BCUT2D eigenvalue weighted by Crippen LogP contribution is -2.24. The molecule has 0 amide bonds. The fourth-order valence-corrected chi connectivity index (χ4v) is 3.92. The van der Waals surface area contributed by atoms with Crippen molar-refractivity contribution in [3.05, 3.63) is 39.9 Å². The SMILES string of the molecule is CNCc1cc(C)c(Br)c(S(=O)(=O)NCc2ncn[nH]2)c1. The maximum atomic E-state index is 12.4. The topological polar surface area (TPSA) is 99.8 Å². The Morgan fingerprint density at radius 3 is 2.71 bits per heavy atom. The molecule has 1 aromatic heterocycles. The third-order valence-corrected chi connectivity index (χ3v) is 5.59. The lowest BCUT2D eigenvalue weighted by molar-refractivity contribution is 0.578. The Balaban J connectivity index is 2.30. The van der Waals surface area contributed by atoms with Gasteiger partial charge in [0.25, 0.3) is 0 Å². The largest absolute Gasteiger partial charge is 0.316 e. The predicted octanol–water partition coefficient (Wildman–Crippen LogP) is 1.07. The summed E-state index contributed by atoms with van der Waals surface area (Å²) in [4.78, 5) is 4.10. The van der Waals surface area contributed by atoms with Gasteiger partial charge in [0.1, 0.15) is 12.2 Å². The number of nitrogens with one attached hydrogen (secondary N) is 3. The minimum absolute atomic E-state index is 0.0596. The molecule has 0 fully saturated rings. The number of sulfonamides is 1. The molecule has 0 aliphatic carbocycles. The van der Waals surface area contributed by atoms with Crippen LogP contribution in [0.2, 0.25) is 0 Å². The van der Waals surface area contributed by atoms with Crippen molar-refractivity contribution in [1.82, 2.24) is 25.2 Å². The van der Waals surface area contributed by atoms with E-state index in [0.717, 1.165) is 11.1 Å². The molecular weight excluding hydrogens is 358 g/mol. The standard InChI is InChI=1S/C12H16BrN5O2S/c1-8-3-9(5-14-2)4-10(12(8)13)21(19,20)17-6-11-15-7-16-18-11/h3-4,7,14,17H,5-6H2,1-2H3,(H,15,16,18). The van der Waals surface area contributed by atoms with Crippen molar-refractivity contribution in [1.29, 1.82) is 0 Å². The van der Waals surface area contributed by atoms with Crippen LogP contribution in [0.25, 0.3) is 0 Å². The lowest BCUT2D eigenvalue weighted by atomic mass is 10.1. The molecule has 0 aliphatic rings. The van der Waals surface area contributed by atoms with Crippen LogP contribution in [0.5, 0.6) is 0 Å². The summed E-state index contributed by atoms with van der Waals surface area (Å²) in [5, 5.41) is 9.30. The molecule has 114 valence electrons. The number of hydrogen-bond donors (Lipinski definition) is 3. The molecule has 0 bridgehead atoms. The van der Waals surface area contributed by atoms with E-state index in [1.165, 1.54) is 6.33 Å². The molecule has 0 saturated carbocycles. The quantitative estimate of drug-likeness (QED) is 0.703. The number of aromatic amines is 1. The molecule has 0 aliphatic heterocycles. The van der Waals surface area contributed by atoms with Gasteiger partial charge in [-0.2, -0.15) is 5.10 Å². The van der Waals surface area contributed by atoms with Crippen molar-refractivity contribution >= 4 is 26.0 Å². The second-order valence-electron chi connectivity index (χ2n) is 4.51. The summed E-state index contributed by atoms with van der Waals surface area (Å²) in [6.45, 7) is 2.52.